The molecule has 0 fully saturated rings. The lowest BCUT2D eigenvalue weighted by Gasteiger charge is -2.14. The van der Waals surface area contributed by atoms with E-state index >= 15 is 0 Å². The van der Waals surface area contributed by atoms with E-state index in [2.05, 4.69) is 4.98 Å². The molecule has 0 amide bonds. The predicted octanol–water partition coefficient (Wildman–Crippen LogP) is 4.19. The number of aromatic nitrogens is 1. The molecule has 0 spiro atoms. The molecule has 1 heterocycles. The van der Waals surface area contributed by atoms with Crippen molar-refractivity contribution in [2.45, 2.75) is 20.3 Å². The van der Waals surface area contributed by atoms with Gasteiger partial charge >= 0.3 is 5.97 Å². The molecule has 0 aliphatic rings. The molecular formula is C22H25NO6. The fourth-order valence-corrected chi connectivity index (χ4v) is 2.78. The van der Waals surface area contributed by atoms with E-state index in [1.54, 1.807) is 24.3 Å². The van der Waals surface area contributed by atoms with Gasteiger partial charge in [0.15, 0.2) is 0 Å². The lowest BCUT2D eigenvalue weighted by atomic mass is 9.97. The minimum absolute atomic E-state index is 0.195. The van der Waals surface area contributed by atoms with Crippen LogP contribution >= 0.6 is 0 Å². The number of ether oxygens (including phenoxy) is 3. The number of hydrogen-bond donors (Lipinski definition) is 2. The number of benzene rings is 1. The van der Waals surface area contributed by atoms with E-state index in [1.807, 2.05) is 19.9 Å². The van der Waals surface area contributed by atoms with Crippen LogP contribution in [0, 0.1) is 0 Å². The molecular weight excluding hydrogens is 374 g/mol. The van der Waals surface area contributed by atoms with E-state index in [1.165, 1.54) is 27.5 Å². The highest BCUT2D eigenvalue weighted by Gasteiger charge is 2.21. The van der Waals surface area contributed by atoms with E-state index in [0.717, 1.165) is 5.57 Å². The van der Waals surface area contributed by atoms with E-state index in [-0.39, 0.29) is 11.3 Å². The maximum Gasteiger partial charge on any atom is 0.340 e. The summed E-state index contributed by atoms with van der Waals surface area (Å²) in [5.74, 6) is -0.253. The van der Waals surface area contributed by atoms with Crippen LogP contribution in [0.2, 0.25) is 0 Å². The average Bonchev–Trinajstić information content (AvgIpc) is 2.70. The number of allylic oxidation sites excluding steroid dienone is 2. The zero-order valence-electron chi connectivity index (χ0n) is 17.1. The maximum absolute atomic E-state index is 11.9. The Bertz CT molecular complexity index is 958. The number of rotatable bonds is 8. The number of nitrogens with zero attached hydrogens (tertiary/aromatic N) is 1. The summed E-state index contributed by atoms with van der Waals surface area (Å²) in [4.78, 5) is 15.9. The van der Waals surface area contributed by atoms with Crippen molar-refractivity contribution in [1.29, 1.82) is 0 Å². The van der Waals surface area contributed by atoms with Crippen molar-refractivity contribution in [3.63, 3.8) is 0 Å². The molecule has 2 rings (SSSR count). The topological polar surface area (TPSA) is 98.1 Å². The van der Waals surface area contributed by atoms with E-state index < -0.39 is 5.97 Å². The van der Waals surface area contributed by atoms with Gasteiger partial charge < -0.3 is 24.4 Å². The zero-order valence-corrected chi connectivity index (χ0v) is 17.1. The summed E-state index contributed by atoms with van der Waals surface area (Å²) in [5, 5.41) is 20.4. The quantitative estimate of drug-likeness (QED) is 0.642. The van der Waals surface area contributed by atoms with Gasteiger partial charge in [-0.25, -0.2) is 9.78 Å². The Morgan fingerprint density at radius 1 is 1.03 bits per heavy atom. The molecule has 7 heteroatoms. The van der Waals surface area contributed by atoms with Crippen molar-refractivity contribution in [1.82, 2.24) is 4.98 Å². The highest BCUT2D eigenvalue weighted by atomic mass is 16.5. The van der Waals surface area contributed by atoms with Gasteiger partial charge in [-0.1, -0.05) is 23.8 Å². The van der Waals surface area contributed by atoms with Gasteiger partial charge in [0.2, 0.25) is 5.88 Å². The molecule has 0 bridgehead atoms. The molecule has 2 aromatic rings. The number of carbonyl (C=O) groups is 1. The standard InChI is InChI=1S/C22H25NO6/c1-13(2)6-9-16-17(27-3)10-15(20(21(16)24)22(25)26)8-7-14-11-19(29-5)23-12-18(14)28-4/h6-8,10-12,24H,9H2,1-5H3,(H,25,26)/b8-7+. The van der Waals surface area contributed by atoms with Crippen molar-refractivity contribution >= 4 is 18.1 Å². The van der Waals surface area contributed by atoms with Crippen LogP contribution in [0.1, 0.15) is 40.9 Å². The van der Waals surface area contributed by atoms with Crippen molar-refractivity contribution in [3.8, 4) is 23.1 Å². The number of aromatic carboxylic acids is 1. The highest BCUT2D eigenvalue weighted by Crippen LogP contribution is 2.36. The molecule has 0 unspecified atom stereocenters. The van der Waals surface area contributed by atoms with Crippen LogP contribution in [-0.4, -0.2) is 42.5 Å². The molecule has 29 heavy (non-hydrogen) atoms. The third kappa shape index (κ3) is 5.07. The van der Waals surface area contributed by atoms with Gasteiger partial charge in [-0.05, 0) is 31.9 Å². The Kier molecular flexibility index (Phi) is 7.25. The minimum atomic E-state index is -1.23. The van der Waals surface area contributed by atoms with Crippen LogP contribution in [0.4, 0.5) is 0 Å². The van der Waals surface area contributed by atoms with Crippen LogP contribution in [-0.2, 0) is 6.42 Å². The van der Waals surface area contributed by atoms with Gasteiger partial charge in [-0.2, -0.15) is 0 Å². The molecule has 0 aliphatic heterocycles. The molecule has 0 saturated heterocycles. The van der Waals surface area contributed by atoms with E-state index in [9.17, 15) is 15.0 Å². The first-order chi connectivity index (χ1) is 13.8. The van der Waals surface area contributed by atoms with Crippen molar-refractivity contribution in [2.24, 2.45) is 0 Å². The van der Waals surface area contributed by atoms with Gasteiger partial charge in [-0.3, -0.25) is 0 Å². The first-order valence-electron chi connectivity index (χ1n) is 8.87. The molecule has 0 aliphatic carbocycles. The van der Waals surface area contributed by atoms with E-state index in [0.29, 0.717) is 40.5 Å². The van der Waals surface area contributed by atoms with Crippen LogP contribution in [0.15, 0.2) is 30.0 Å². The van der Waals surface area contributed by atoms with Gasteiger partial charge in [0.25, 0.3) is 0 Å². The summed E-state index contributed by atoms with van der Waals surface area (Å²) in [7, 11) is 4.49. The molecule has 1 aromatic heterocycles. The average molecular weight is 399 g/mol. The lowest BCUT2D eigenvalue weighted by molar-refractivity contribution is 0.0693. The fourth-order valence-electron chi connectivity index (χ4n) is 2.78. The second-order valence-corrected chi connectivity index (χ2v) is 6.46. The second-order valence-electron chi connectivity index (χ2n) is 6.46. The lowest BCUT2D eigenvalue weighted by Crippen LogP contribution is -2.04. The van der Waals surface area contributed by atoms with Gasteiger partial charge in [0.05, 0.1) is 27.5 Å². The summed E-state index contributed by atoms with van der Waals surface area (Å²) in [6.07, 6.45) is 7.01. The molecule has 0 saturated carbocycles. The predicted molar refractivity (Wildman–Crippen MR) is 111 cm³/mol. The number of pyridine rings is 1. The normalized spacial score (nSPS) is 10.7. The number of hydrogen-bond acceptors (Lipinski definition) is 6. The smallest absolute Gasteiger partial charge is 0.340 e. The van der Waals surface area contributed by atoms with Crippen LogP contribution in [0.25, 0.3) is 12.2 Å². The summed E-state index contributed by atoms with van der Waals surface area (Å²) >= 11 is 0. The first-order valence-corrected chi connectivity index (χ1v) is 8.87. The largest absolute Gasteiger partial charge is 0.507 e. The Morgan fingerprint density at radius 2 is 1.69 bits per heavy atom. The Hall–Kier alpha value is -3.48. The SMILES string of the molecule is COc1cc(/C=C/c2cc(OC)c(CC=C(C)C)c(O)c2C(=O)O)c(OC)cn1. The molecule has 154 valence electrons. The molecule has 2 N–H and O–H groups in total. The highest BCUT2D eigenvalue weighted by molar-refractivity contribution is 5.97. The summed E-state index contributed by atoms with van der Waals surface area (Å²) < 4.78 is 15.8. The molecule has 7 nitrogen and oxygen atoms in total. The van der Waals surface area contributed by atoms with Gasteiger partial charge in [0.1, 0.15) is 22.8 Å². The zero-order chi connectivity index (χ0) is 21.6. The third-order valence-electron chi connectivity index (χ3n) is 4.29. The van der Waals surface area contributed by atoms with Crippen LogP contribution in [0.5, 0.6) is 23.1 Å². The van der Waals surface area contributed by atoms with Crippen molar-refractivity contribution in [2.75, 3.05) is 21.3 Å². The second kappa shape index (κ2) is 9.64. The molecule has 0 radical (unpaired) electrons. The van der Waals surface area contributed by atoms with Gasteiger partial charge in [-0.15, -0.1) is 0 Å². The van der Waals surface area contributed by atoms with Gasteiger partial charge in [0, 0.05) is 17.2 Å². The van der Waals surface area contributed by atoms with Crippen molar-refractivity contribution < 1.29 is 29.2 Å². The maximum atomic E-state index is 11.9. The Labute approximate surface area is 169 Å². The number of carboxylic acid groups (broad SMARTS) is 1. The number of aromatic hydroxyl groups is 1. The third-order valence-corrected chi connectivity index (χ3v) is 4.29. The summed E-state index contributed by atoms with van der Waals surface area (Å²) in [5.41, 5.74) is 2.21. The number of phenols is 1. The van der Waals surface area contributed by atoms with Crippen molar-refractivity contribution in [3.05, 3.63) is 52.2 Å². The fraction of sp³-hybridized carbons (Fsp3) is 0.273. The van der Waals surface area contributed by atoms with Crippen LogP contribution < -0.4 is 14.2 Å². The summed E-state index contributed by atoms with van der Waals surface area (Å²) in [6.45, 7) is 3.85. The number of carboxylic acids is 1. The van der Waals surface area contributed by atoms with E-state index in [4.69, 9.17) is 14.2 Å². The summed E-state index contributed by atoms with van der Waals surface area (Å²) in [6, 6.07) is 3.26. The number of methoxy groups -OCH3 is 3. The molecule has 0 atom stereocenters. The monoisotopic (exact) mass is 399 g/mol. The van der Waals surface area contributed by atoms with Crippen LogP contribution in [0.3, 0.4) is 0 Å². The Balaban J connectivity index is 2.61. The first kappa shape index (κ1) is 21.8. The minimum Gasteiger partial charge on any atom is -0.507 e. The molecule has 1 aromatic carbocycles. The Morgan fingerprint density at radius 3 is 2.24 bits per heavy atom.